The van der Waals surface area contributed by atoms with Gasteiger partial charge in [-0.1, -0.05) is 23.7 Å². The van der Waals surface area contributed by atoms with E-state index < -0.39 is 11.6 Å². The number of aliphatic hydroxyl groups is 1. The first kappa shape index (κ1) is 10.0. The third-order valence-corrected chi connectivity index (χ3v) is 2.04. The molecule has 0 bridgehead atoms. The van der Waals surface area contributed by atoms with Crippen molar-refractivity contribution in [1.82, 2.24) is 0 Å². The van der Waals surface area contributed by atoms with Crippen molar-refractivity contribution in [3.8, 4) is 0 Å². The summed E-state index contributed by atoms with van der Waals surface area (Å²) in [4.78, 5) is 10.6. The maximum Gasteiger partial charge on any atom is 0.340 e. The van der Waals surface area contributed by atoms with Gasteiger partial charge < -0.3 is 10.2 Å². The highest BCUT2D eigenvalue weighted by atomic mass is 35.5. The van der Waals surface area contributed by atoms with Gasteiger partial charge in [-0.3, -0.25) is 0 Å². The summed E-state index contributed by atoms with van der Waals surface area (Å²) in [5.41, 5.74) is -1.61. The van der Waals surface area contributed by atoms with Crippen molar-refractivity contribution < 1.29 is 15.0 Å². The maximum absolute atomic E-state index is 10.6. The van der Waals surface area contributed by atoms with Gasteiger partial charge in [0.2, 0.25) is 0 Å². The van der Waals surface area contributed by atoms with Crippen LogP contribution in [0, 0.1) is 0 Å². The van der Waals surface area contributed by atoms with Crippen LogP contribution in [-0.2, 0) is 10.4 Å². The molecule has 0 amide bonds. The van der Waals surface area contributed by atoms with Crippen molar-refractivity contribution in [2.75, 3.05) is 0 Å². The lowest BCUT2D eigenvalue weighted by atomic mass is 9.96. The molecule has 0 radical (unpaired) electrons. The predicted molar refractivity (Wildman–Crippen MR) is 48.7 cm³/mol. The summed E-state index contributed by atoms with van der Waals surface area (Å²) in [6, 6.07) is 6.15. The molecule has 0 aliphatic rings. The maximum atomic E-state index is 10.6. The van der Waals surface area contributed by atoms with E-state index in [4.69, 9.17) is 16.7 Å². The van der Waals surface area contributed by atoms with Crippen molar-refractivity contribution in [2.24, 2.45) is 0 Å². The standard InChI is InChI=1S/C9H9ClO3/c1-9(13,8(11)12)6-3-2-4-7(10)5-6/h2-5,13H,1H3,(H,11,12)/t9-/m1/s1. The molecule has 0 aliphatic heterocycles. The number of hydrogen-bond acceptors (Lipinski definition) is 2. The van der Waals surface area contributed by atoms with E-state index in [2.05, 4.69) is 0 Å². The Labute approximate surface area is 80.6 Å². The van der Waals surface area contributed by atoms with E-state index in [0.29, 0.717) is 5.02 Å². The summed E-state index contributed by atoms with van der Waals surface area (Å²) in [6.45, 7) is 1.21. The van der Waals surface area contributed by atoms with E-state index in [1.54, 1.807) is 12.1 Å². The lowest BCUT2D eigenvalue weighted by molar-refractivity contribution is -0.157. The topological polar surface area (TPSA) is 57.5 Å². The van der Waals surface area contributed by atoms with Crippen LogP contribution in [0.5, 0.6) is 0 Å². The van der Waals surface area contributed by atoms with Crippen LogP contribution >= 0.6 is 11.6 Å². The molecule has 1 atom stereocenters. The number of rotatable bonds is 2. The zero-order valence-corrected chi connectivity index (χ0v) is 7.75. The highest BCUT2D eigenvalue weighted by molar-refractivity contribution is 6.30. The molecule has 1 rings (SSSR count). The lowest BCUT2D eigenvalue weighted by Gasteiger charge is -2.18. The van der Waals surface area contributed by atoms with Crippen molar-refractivity contribution in [2.45, 2.75) is 12.5 Å². The molecule has 0 spiro atoms. The average Bonchev–Trinajstić information content (AvgIpc) is 2.04. The number of hydrogen-bond donors (Lipinski definition) is 2. The number of halogens is 1. The van der Waals surface area contributed by atoms with Crippen LogP contribution < -0.4 is 0 Å². The molecular weight excluding hydrogens is 192 g/mol. The first-order valence-electron chi connectivity index (χ1n) is 3.66. The molecule has 2 N–H and O–H groups in total. The van der Waals surface area contributed by atoms with Gasteiger partial charge in [0.25, 0.3) is 0 Å². The molecule has 3 nitrogen and oxygen atoms in total. The monoisotopic (exact) mass is 200 g/mol. The number of benzene rings is 1. The van der Waals surface area contributed by atoms with Gasteiger partial charge >= 0.3 is 5.97 Å². The number of aliphatic carboxylic acids is 1. The Hall–Kier alpha value is -1.06. The summed E-state index contributed by atoms with van der Waals surface area (Å²) < 4.78 is 0. The van der Waals surface area contributed by atoms with E-state index in [1.807, 2.05) is 0 Å². The Kier molecular flexibility index (Phi) is 2.59. The summed E-state index contributed by atoms with van der Waals surface area (Å²) in [5, 5.41) is 18.6. The second-order valence-electron chi connectivity index (χ2n) is 2.89. The minimum absolute atomic E-state index is 0.271. The zero-order chi connectivity index (χ0) is 10.1. The van der Waals surface area contributed by atoms with E-state index in [0.717, 1.165) is 0 Å². The normalized spacial score (nSPS) is 15.0. The van der Waals surface area contributed by atoms with Gasteiger partial charge in [-0.2, -0.15) is 0 Å². The van der Waals surface area contributed by atoms with Crippen molar-refractivity contribution >= 4 is 17.6 Å². The SMILES string of the molecule is C[C@](O)(C(=O)O)c1cccc(Cl)c1. The molecule has 0 unspecified atom stereocenters. The molecule has 0 aliphatic carbocycles. The Balaban J connectivity index is 3.14. The van der Waals surface area contributed by atoms with Gasteiger partial charge in [0.1, 0.15) is 0 Å². The van der Waals surface area contributed by atoms with Crippen LogP contribution in [0.4, 0.5) is 0 Å². The first-order chi connectivity index (χ1) is 5.94. The minimum atomic E-state index is -1.88. The Morgan fingerprint density at radius 2 is 2.15 bits per heavy atom. The molecule has 13 heavy (non-hydrogen) atoms. The fourth-order valence-corrected chi connectivity index (χ4v) is 1.11. The van der Waals surface area contributed by atoms with E-state index in [1.165, 1.54) is 19.1 Å². The molecule has 1 aromatic carbocycles. The quantitative estimate of drug-likeness (QED) is 0.763. The van der Waals surface area contributed by atoms with Crippen LogP contribution in [0.25, 0.3) is 0 Å². The van der Waals surface area contributed by atoms with Crippen molar-refractivity contribution in [1.29, 1.82) is 0 Å². The predicted octanol–water partition coefficient (Wildman–Crippen LogP) is 1.63. The van der Waals surface area contributed by atoms with Crippen LogP contribution in [0.3, 0.4) is 0 Å². The number of carboxylic acid groups (broad SMARTS) is 1. The highest BCUT2D eigenvalue weighted by Crippen LogP contribution is 2.23. The number of carbonyl (C=O) groups is 1. The fraction of sp³-hybridized carbons (Fsp3) is 0.222. The Bertz CT molecular complexity index is 333. The Morgan fingerprint density at radius 1 is 1.54 bits per heavy atom. The summed E-state index contributed by atoms with van der Waals surface area (Å²) >= 11 is 5.65. The molecule has 0 fully saturated rings. The lowest BCUT2D eigenvalue weighted by Crippen LogP contribution is -2.31. The van der Waals surface area contributed by atoms with Gasteiger partial charge in [0.15, 0.2) is 5.60 Å². The smallest absolute Gasteiger partial charge is 0.340 e. The molecule has 0 saturated heterocycles. The summed E-state index contributed by atoms with van der Waals surface area (Å²) in [6.07, 6.45) is 0. The Morgan fingerprint density at radius 3 is 2.62 bits per heavy atom. The van der Waals surface area contributed by atoms with E-state index >= 15 is 0 Å². The third kappa shape index (κ3) is 1.99. The summed E-state index contributed by atoms with van der Waals surface area (Å²) in [7, 11) is 0. The first-order valence-corrected chi connectivity index (χ1v) is 4.04. The molecule has 4 heteroatoms. The second kappa shape index (κ2) is 3.36. The van der Waals surface area contributed by atoms with Crippen molar-refractivity contribution in [3.05, 3.63) is 34.9 Å². The molecular formula is C9H9ClO3. The van der Waals surface area contributed by atoms with E-state index in [9.17, 15) is 9.90 Å². The molecule has 1 aromatic rings. The van der Waals surface area contributed by atoms with Crippen LogP contribution in [-0.4, -0.2) is 16.2 Å². The second-order valence-corrected chi connectivity index (χ2v) is 3.32. The molecule has 0 saturated carbocycles. The fourth-order valence-electron chi connectivity index (χ4n) is 0.915. The van der Waals surface area contributed by atoms with Gasteiger partial charge in [-0.15, -0.1) is 0 Å². The minimum Gasteiger partial charge on any atom is -0.479 e. The molecule has 70 valence electrons. The number of carboxylic acids is 1. The third-order valence-electron chi connectivity index (χ3n) is 1.80. The van der Waals surface area contributed by atoms with E-state index in [-0.39, 0.29) is 5.56 Å². The van der Waals surface area contributed by atoms with Gasteiger partial charge in [0.05, 0.1) is 0 Å². The van der Waals surface area contributed by atoms with Crippen LogP contribution in [0.2, 0.25) is 5.02 Å². The van der Waals surface area contributed by atoms with Crippen LogP contribution in [0.1, 0.15) is 12.5 Å². The summed E-state index contributed by atoms with van der Waals surface area (Å²) in [5.74, 6) is -1.30. The molecule has 0 heterocycles. The van der Waals surface area contributed by atoms with Crippen molar-refractivity contribution in [3.63, 3.8) is 0 Å². The molecule has 0 aromatic heterocycles. The van der Waals surface area contributed by atoms with Gasteiger partial charge in [0, 0.05) is 5.02 Å². The highest BCUT2D eigenvalue weighted by Gasteiger charge is 2.31. The zero-order valence-electron chi connectivity index (χ0n) is 6.99. The van der Waals surface area contributed by atoms with Gasteiger partial charge in [-0.05, 0) is 24.6 Å². The average molecular weight is 201 g/mol. The van der Waals surface area contributed by atoms with Crippen LogP contribution in [0.15, 0.2) is 24.3 Å². The largest absolute Gasteiger partial charge is 0.479 e. The van der Waals surface area contributed by atoms with Gasteiger partial charge in [-0.25, -0.2) is 4.79 Å².